The number of nitrogens with one attached hydrogen (secondary N) is 1. The van der Waals surface area contributed by atoms with Crippen molar-refractivity contribution in [3.8, 4) is 0 Å². The molecule has 1 amide bonds. The molecule has 1 saturated carbocycles. The van der Waals surface area contributed by atoms with E-state index in [-0.39, 0.29) is 40.5 Å². The summed E-state index contributed by atoms with van der Waals surface area (Å²) in [5.74, 6) is -0.959. The Bertz CT molecular complexity index is 650. The van der Waals surface area contributed by atoms with Crippen molar-refractivity contribution >= 4 is 34.2 Å². The maximum atomic E-state index is 12.2. The third kappa shape index (κ3) is 4.72. The zero-order valence-corrected chi connectivity index (χ0v) is 15.4. The molecule has 138 valence electrons. The number of esters is 2. The van der Waals surface area contributed by atoms with Gasteiger partial charge < -0.3 is 20.5 Å². The number of carbonyl (C=O) groups excluding carboxylic acids is 3. The van der Waals surface area contributed by atoms with E-state index in [9.17, 15) is 14.4 Å². The van der Waals surface area contributed by atoms with Crippen molar-refractivity contribution in [2.24, 2.45) is 5.92 Å². The molecular weight excluding hydrogens is 344 g/mol. The van der Waals surface area contributed by atoms with Gasteiger partial charge in [-0.2, -0.15) is 0 Å². The Kier molecular flexibility index (Phi) is 6.81. The minimum atomic E-state index is -0.617. The highest BCUT2D eigenvalue weighted by atomic mass is 32.1. The summed E-state index contributed by atoms with van der Waals surface area (Å²) in [5, 5.41) is 2.68. The number of anilines is 1. The fourth-order valence-electron chi connectivity index (χ4n) is 3.01. The second kappa shape index (κ2) is 8.84. The van der Waals surface area contributed by atoms with Gasteiger partial charge in [0.1, 0.15) is 22.0 Å². The van der Waals surface area contributed by atoms with E-state index in [0.29, 0.717) is 17.9 Å². The molecule has 3 N–H and O–H groups in total. The molecule has 7 nitrogen and oxygen atoms in total. The van der Waals surface area contributed by atoms with Crippen LogP contribution in [0.2, 0.25) is 0 Å². The Balaban J connectivity index is 2.16. The topological polar surface area (TPSA) is 108 Å². The normalized spacial score (nSPS) is 14.3. The van der Waals surface area contributed by atoms with E-state index in [1.807, 2.05) is 0 Å². The summed E-state index contributed by atoms with van der Waals surface area (Å²) in [5.41, 5.74) is 6.32. The van der Waals surface area contributed by atoms with Crippen molar-refractivity contribution in [3.05, 3.63) is 16.0 Å². The largest absolute Gasteiger partial charge is 0.462 e. The second-order valence-electron chi connectivity index (χ2n) is 5.96. The number of carbonyl (C=O) groups is 3. The highest BCUT2D eigenvalue weighted by Gasteiger charge is 2.28. The summed E-state index contributed by atoms with van der Waals surface area (Å²) in [6.07, 6.45) is 4.74. The smallest absolute Gasteiger partial charge is 0.341 e. The van der Waals surface area contributed by atoms with Crippen LogP contribution in [0.4, 0.5) is 5.00 Å². The van der Waals surface area contributed by atoms with Crippen LogP contribution in [0.5, 0.6) is 0 Å². The lowest BCUT2D eigenvalue weighted by molar-refractivity contribution is -0.146. The highest BCUT2D eigenvalue weighted by Crippen LogP contribution is 2.33. The fraction of sp³-hybridized carbons (Fsp3) is 0.588. The van der Waals surface area contributed by atoms with Crippen LogP contribution < -0.4 is 11.1 Å². The molecule has 1 aliphatic rings. The summed E-state index contributed by atoms with van der Waals surface area (Å²) in [6.45, 7) is 1.70. The monoisotopic (exact) mass is 368 g/mol. The zero-order chi connectivity index (χ0) is 18.4. The van der Waals surface area contributed by atoms with Crippen molar-refractivity contribution in [2.45, 2.75) is 45.6 Å². The summed E-state index contributed by atoms with van der Waals surface area (Å²) in [7, 11) is 1.48. The molecule has 25 heavy (non-hydrogen) atoms. The number of rotatable bonds is 7. The van der Waals surface area contributed by atoms with Crippen LogP contribution in [0.3, 0.4) is 0 Å². The van der Waals surface area contributed by atoms with E-state index in [4.69, 9.17) is 15.2 Å². The summed E-state index contributed by atoms with van der Waals surface area (Å²) in [6, 6.07) is 0. The van der Waals surface area contributed by atoms with Crippen LogP contribution in [0.25, 0.3) is 0 Å². The number of nitrogen functional groups attached to an aromatic ring is 1. The number of hydrogen-bond acceptors (Lipinski definition) is 7. The molecule has 1 aromatic rings. The SMILES string of the molecule is CCOC(=O)c1c(N)sc(C(=O)NC)c1COC(=O)CC1CCCC1. The van der Waals surface area contributed by atoms with Gasteiger partial charge in [0.15, 0.2) is 0 Å². The fourth-order valence-corrected chi connectivity index (χ4v) is 4.02. The van der Waals surface area contributed by atoms with Gasteiger partial charge in [-0.25, -0.2) is 4.79 Å². The van der Waals surface area contributed by atoms with E-state index in [2.05, 4.69) is 5.32 Å². The summed E-state index contributed by atoms with van der Waals surface area (Å²) in [4.78, 5) is 36.6. The Morgan fingerprint density at radius 2 is 1.92 bits per heavy atom. The van der Waals surface area contributed by atoms with Crippen LogP contribution in [0.15, 0.2) is 0 Å². The first-order valence-electron chi connectivity index (χ1n) is 8.43. The molecule has 1 heterocycles. The Morgan fingerprint density at radius 3 is 2.52 bits per heavy atom. The first kappa shape index (κ1) is 19.2. The van der Waals surface area contributed by atoms with E-state index in [1.165, 1.54) is 7.05 Å². The minimum absolute atomic E-state index is 0.110. The van der Waals surface area contributed by atoms with Crippen molar-refractivity contribution < 1.29 is 23.9 Å². The quantitative estimate of drug-likeness (QED) is 0.716. The van der Waals surface area contributed by atoms with Crippen LogP contribution in [-0.4, -0.2) is 31.5 Å². The molecule has 0 unspecified atom stereocenters. The molecule has 1 fully saturated rings. The molecule has 1 aromatic heterocycles. The minimum Gasteiger partial charge on any atom is -0.462 e. The third-order valence-electron chi connectivity index (χ3n) is 4.25. The number of amides is 1. The van der Waals surface area contributed by atoms with Gasteiger partial charge >= 0.3 is 11.9 Å². The molecule has 1 aliphatic carbocycles. The Labute approximate surface area is 150 Å². The molecule has 0 aromatic carbocycles. The van der Waals surface area contributed by atoms with Crippen molar-refractivity contribution in [1.82, 2.24) is 5.32 Å². The van der Waals surface area contributed by atoms with Gasteiger partial charge in [0.05, 0.1) is 6.61 Å². The van der Waals surface area contributed by atoms with Gasteiger partial charge in [-0.3, -0.25) is 9.59 Å². The number of ether oxygens (including phenoxy) is 2. The van der Waals surface area contributed by atoms with Crippen LogP contribution in [-0.2, 0) is 20.9 Å². The average Bonchev–Trinajstić information content (AvgIpc) is 3.19. The van der Waals surface area contributed by atoms with Crippen LogP contribution in [0, 0.1) is 5.92 Å². The van der Waals surface area contributed by atoms with Gasteiger partial charge in [0, 0.05) is 19.0 Å². The number of hydrogen-bond donors (Lipinski definition) is 2. The molecule has 0 bridgehead atoms. The first-order chi connectivity index (χ1) is 12.0. The molecule has 0 spiro atoms. The third-order valence-corrected chi connectivity index (χ3v) is 5.31. The van der Waals surface area contributed by atoms with Gasteiger partial charge in [0.2, 0.25) is 0 Å². The highest BCUT2D eigenvalue weighted by molar-refractivity contribution is 7.18. The molecule has 2 rings (SSSR count). The van der Waals surface area contributed by atoms with Crippen molar-refractivity contribution in [1.29, 1.82) is 0 Å². The Morgan fingerprint density at radius 1 is 1.24 bits per heavy atom. The maximum Gasteiger partial charge on any atom is 0.341 e. The first-order valence-corrected chi connectivity index (χ1v) is 9.25. The standard InChI is InChI=1S/C17H24N2O5S/c1-3-23-17(22)13-11(14(16(21)19-2)25-15(13)18)9-24-12(20)8-10-6-4-5-7-10/h10H,3-9,18H2,1-2H3,(H,19,21). The van der Waals surface area contributed by atoms with E-state index in [1.54, 1.807) is 6.92 Å². The Hall–Kier alpha value is -2.09. The summed E-state index contributed by atoms with van der Waals surface area (Å²) >= 11 is 0.986. The van der Waals surface area contributed by atoms with Gasteiger partial charge in [-0.15, -0.1) is 11.3 Å². The van der Waals surface area contributed by atoms with E-state index >= 15 is 0 Å². The van der Waals surface area contributed by atoms with Crippen molar-refractivity contribution in [3.63, 3.8) is 0 Å². The van der Waals surface area contributed by atoms with E-state index < -0.39 is 5.97 Å². The number of nitrogens with two attached hydrogens (primary N) is 1. The van der Waals surface area contributed by atoms with Crippen molar-refractivity contribution in [2.75, 3.05) is 19.4 Å². The molecule has 0 radical (unpaired) electrons. The molecule has 0 saturated heterocycles. The predicted octanol–water partition coefficient (Wildman–Crippen LogP) is 2.49. The van der Waals surface area contributed by atoms with Crippen LogP contribution >= 0.6 is 11.3 Å². The molecular formula is C17H24N2O5S. The molecule has 0 aliphatic heterocycles. The van der Waals surface area contributed by atoms with Gasteiger partial charge in [0.25, 0.3) is 5.91 Å². The lowest BCUT2D eigenvalue weighted by Crippen LogP contribution is -2.20. The predicted molar refractivity (Wildman–Crippen MR) is 94.4 cm³/mol. The average molecular weight is 368 g/mol. The van der Waals surface area contributed by atoms with Crippen LogP contribution in [0.1, 0.15) is 64.6 Å². The lowest BCUT2D eigenvalue weighted by Gasteiger charge is -2.11. The molecule has 8 heteroatoms. The molecule has 0 atom stereocenters. The number of thiophene rings is 1. The van der Waals surface area contributed by atoms with Gasteiger partial charge in [-0.1, -0.05) is 12.8 Å². The second-order valence-corrected chi connectivity index (χ2v) is 7.02. The van der Waals surface area contributed by atoms with E-state index in [0.717, 1.165) is 37.0 Å². The maximum absolute atomic E-state index is 12.2. The lowest BCUT2D eigenvalue weighted by atomic mass is 10.0. The summed E-state index contributed by atoms with van der Waals surface area (Å²) < 4.78 is 10.3. The zero-order valence-electron chi connectivity index (χ0n) is 14.6. The van der Waals surface area contributed by atoms with Gasteiger partial charge in [-0.05, 0) is 25.7 Å².